The fourth-order valence-electron chi connectivity index (χ4n) is 1.50. The van der Waals surface area contributed by atoms with Crippen molar-refractivity contribution in [2.24, 2.45) is 0 Å². The number of carbonyl (C=O) groups is 1. The van der Waals surface area contributed by atoms with Crippen LogP contribution in [0.3, 0.4) is 0 Å². The van der Waals surface area contributed by atoms with Crippen LogP contribution in [0.5, 0.6) is 0 Å². The number of ether oxygens (including phenoxy) is 1. The molecule has 0 aliphatic carbocycles. The van der Waals surface area contributed by atoms with Crippen LogP contribution < -0.4 is 5.32 Å². The smallest absolute Gasteiger partial charge is 0.340 e. The normalized spacial score (nSPS) is 11.1. The number of nitrogens with zero attached hydrogens (tertiary/aromatic N) is 1. The Balaban J connectivity index is 3.20. The number of methoxy groups -OCH3 is 1. The van der Waals surface area contributed by atoms with Crippen molar-refractivity contribution in [1.29, 1.82) is 0 Å². The Kier molecular flexibility index (Phi) is 5.54. The summed E-state index contributed by atoms with van der Waals surface area (Å²) in [5, 5.41) is 13.9. The lowest BCUT2D eigenvalue weighted by Crippen LogP contribution is -2.26. The fraction of sp³-hybridized carbons (Fsp3) is 0.462. The molecule has 0 amide bonds. The monoisotopic (exact) mass is 316 g/mol. The van der Waals surface area contributed by atoms with Gasteiger partial charge in [0.1, 0.15) is 11.5 Å². The Morgan fingerprint density at radius 1 is 1.52 bits per heavy atom. The molecule has 0 bridgehead atoms. The standard InChI is InChI=1S/C13H17FN2O4S/c1-13(2,21-4)7-15-10-5-8(12(17)20-3)9(14)6-11(10)16(18)19/h5-6,15H,7H2,1-4H3. The topological polar surface area (TPSA) is 81.5 Å². The lowest BCUT2D eigenvalue weighted by Gasteiger charge is -2.23. The van der Waals surface area contributed by atoms with Gasteiger partial charge in [-0.25, -0.2) is 9.18 Å². The average molecular weight is 316 g/mol. The van der Waals surface area contributed by atoms with Crippen molar-refractivity contribution in [2.75, 3.05) is 25.2 Å². The van der Waals surface area contributed by atoms with Crippen LogP contribution in [0.4, 0.5) is 15.8 Å². The van der Waals surface area contributed by atoms with Crippen molar-refractivity contribution < 1.29 is 18.8 Å². The molecular weight excluding hydrogens is 299 g/mol. The molecule has 0 spiro atoms. The van der Waals surface area contributed by atoms with Gasteiger partial charge in [0.15, 0.2) is 0 Å². The summed E-state index contributed by atoms with van der Waals surface area (Å²) in [4.78, 5) is 21.8. The van der Waals surface area contributed by atoms with Gasteiger partial charge in [0, 0.05) is 11.3 Å². The Morgan fingerprint density at radius 3 is 2.62 bits per heavy atom. The van der Waals surface area contributed by atoms with E-state index in [1.165, 1.54) is 0 Å². The van der Waals surface area contributed by atoms with Crippen LogP contribution in [0, 0.1) is 15.9 Å². The van der Waals surface area contributed by atoms with E-state index < -0.39 is 22.4 Å². The van der Waals surface area contributed by atoms with Crippen LogP contribution in [0.25, 0.3) is 0 Å². The van der Waals surface area contributed by atoms with E-state index in [1.54, 1.807) is 11.8 Å². The molecule has 21 heavy (non-hydrogen) atoms. The maximum atomic E-state index is 13.7. The summed E-state index contributed by atoms with van der Waals surface area (Å²) in [5.41, 5.74) is -0.673. The summed E-state index contributed by atoms with van der Waals surface area (Å²) in [6.45, 7) is 4.34. The van der Waals surface area contributed by atoms with E-state index in [9.17, 15) is 19.3 Å². The van der Waals surface area contributed by atoms with Crippen molar-refractivity contribution in [3.8, 4) is 0 Å². The van der Waals surface area contributed by atoms with Crippen LogP contribution in [-0.2, 0) is 4.74 Å². The molecule has 0 saturated heterocycles. The van der Waals surface area contributed by atoms with E-state index in [-0.39, 0.29) is 16.0 Å². The van der Waals surface area contributed by atoms with Gasteiger partial charge in [-0.3, -0.25) is 10.1 Å². The molecule has 0 aliphatic rings. The van der Waals surface area contributed by atoms with Crippen molar-refractivity contribution >= 4 is 29.1 Å². The summed E-state index contributed by atoms with van der Waals surface area (Å²) < 4.78 is 18.0. The van der Waals surface area contributed by atoms with Crippen molar-refractivity contribution in [3.05, 3.63) is 33.6 Å². The second kappa shape index (κ2) is 6.75. The first kappa shape index (κ1) is 17.2. The maximum absolute atomic E-state index is 13.7. The van der Waals surface area contributed by atoms with Crippen molar-refractivity contribution in [2.45, 2.75) is 18.6 Å². The predicted molar refractivity (Wildman–Crippen MR) is 80.5 cm³/mol. The highest BCUT2D eigenvalue weighted by Gasteiger charge is 2.24. The van der Waals surface area contributed by atoms with Gasteiger partial charge in [-0.1, -0.05) is 0 Å². The zero-order valence-electron chi connectivity index (χ0n) is 12.2. The minimum Gasteiger partial charge on any atom is -0.465 e. The maximum Gasteiger partial charge on any atom is 0.340 e. The first-order valence-corrected chi connectivity index (χ1v) is 7.29. The van der Waals surface area contributed by atoms with Crippen LogP contribution in [0.15, 0.2) is 12.1 Å². The summed E-state index contributed by atoms with van der Waals surface area (Å²) in [6.07, 6.45) is 1.92. The Labute approximate surface area is 126 Å². The second-order valence-electron chi connectivity index (χ2n) is 4.92. The number of nitrogens with one attached hydrogen (secondary N) is 1. The van der Waals surface area contributed by atoms with Crippen LogP contribution in [0.2, 0.25) is 0 Å². The number of carbonyl (C=O) groups excluding carboxylic acids is 1. The van der Waals surface area contributed by atoms with E-state index in [1.807, 2.05) is 20.1 Å². The Bertz CT molecular complexity index is 563. The van der Waals surface area contributed by atoms with Crippen LogP contribution in [-0.4, -0.2) is 35.5 Å². The zero-order valence-corrected chi connectivity index (χ0v) is 13.0. The first-order chi connectivity index (χ1) is 9.71. The number of hydrogen-bond acceptors (Lipinski definition) is 6. The van der Waals surface area contributed by atoms with Gasteiger partial charge >= 0.3 is 5.97 Å². The summed E-state index contributed by atoms with van der Waals surface area (Å²) in [7, 11) is 1.12. The van der Waals surface area contributed by atoms with Crippen molar-refractivity contribution in [3.63, 3.8) is 0 Å². The Morgan fingerprint density at radius 2 is 2.14 bits per heavy atom. The molecule has 116 valence electrons. The molecule has 0 radical (unpaired) electrons. The molecule has 1 aromatic carbocycles. The van der Waals surface area contributed by atoms with Gasteiger partial charge in [-0.05, 0) is 26.2 Å². The van der Waals surface area contributed by atoms with Gasteiger partial charge in [-0.15, -0.1) is 0 Å². The van der Waals surface area contributed by atoms with E-state index in [0.717, 1.165) is 19.2 Å². The molecule has 0 heterocycles. The molecule has 6 nitrogen and oxygen atoms in total. The molecular formula is C13H17FN2O4S. The first-order valence-electron chi connectivity index (χ1n) is 6.07. The lowest BCUT2D eigenvalue weighted by atomic mass is 10.1. The lowest BCUT2D eigenvalue weighted by molar-refractivity contribution is -0.384. The summed E-state index contributed by atoms with van der Waals surface area (Å²) >= 11 is 1.58. The number of halogens is 1. The third-order valence-corrected chi connectivity index (χ3v) is 4.19. The molecule has 0 saturated carbocycles. The number of thioether (sulfide) groups is 1. The summed E-state index contributed by atoms with van der Waals surface area (Å²) in [6, 6.07) is 1.83. The van der Waals surface area contributed by atoms with Gasteiger partial charge < -0.3 is 10.1 Å². The molecule has 0 aliphatic heterocycles. The minimum absolute atomic E-state index is 0.0870. The number of esters is 1. The molecule has 0 unspecified atom stereocenters. The fourth-order valence-corrected chi connectivity index (χ4v) is 1.72. The molecule has 1 N–H and O–H groups in total. The van der Waals surface area contributed by atoms with Gasteiger partial charge in [0.2, 0.25) is 0 Å². The van der Waals surface area contributed by atoms with Crippen LogP contribution in [0.1, 0.15) is 24.2 Å². The molecule has 8 heteroatoms. The number of nitro groups is 1. The molecule has 1 rings (SSSR count). The van der Waals surface area contributed by atoms with Gasteiger partial charge in [0.05, 0.1) is 23.7 Å². The van der Waals surface area contributed by atoms with E-state index in [4.69, 9.17) is 0 Å². The number of benzene rings is 1. The Hall–Kier alpha value is -1.83. The van der Waals surface area contributed by atoms with E-state index in [2.05, 4.69) is 10.1 Å². The third-order valence-electron chi connectivity index (χ3n) is 2.94. The molecule has 1 aromatic rings. The van der Waals surface area contributed by atoms with E-state index in [0.29, 0.717) is 6.54 Å². The highest BCUT2D eigenvalue weighted by atomic mass is 32.2. The average Bonchev–Trinajstić information content (AvgIpc) is 2.44. The number of rotatable bonds is 6. The highest BCUT2D eigenvalue weighted by molar-refractivity contribution is 7.99. The van der Waals surface area contributed by atoms with Crippen molar-refractivity contribution in [1.82, 2.24) is 0 Å². The highest BCUT2D eigenvalue weighted by Crippen LogP contribution is 2.30. The summed E-state index contributed by atoms with van der Waals surface area (Å²) in [5.74, 6) is -1.86. The van der Waals surface area contributed by atoms with Gasteiger partial charge in [-0.2, -0.15) is 11.8 Å². The molecule has 0 aromatic heterocycles. The SMILES string of the molecule is COC(=O)c1cc(NCC(C)(C)SC)c([N+](=O)[O-])cc1F. The predicted octanol–water partition coefficient (Wildman–Crippen LogP) is 3.07. The molecule has 0 atom stereocenters. The largest absolute Gasteiger partial charge is 0.465 e. The van der Waals surface area contributed by atoms with Crippen LogP contribution >= 0.6 is 11.8 Å². The number of nitro benzene ring substituents is 1. The van der Waals surface area contributed by atoms with E-state index >= 15 is 0 Å². The minimum atomic E-state index is -0.983. The number of hydrogen-bond donors (Lipinski definition) is 1. The van der Waals surface area contributed by atoms with Gasteiger partial charge in [0.25, 0.3) is 5.69 Å². The second-order valence-corrected chi connectivity index (χ2v) is 6.43. The quantitative estimate of drug-likeness (QED) is 0.493. The number of anilines is 1. The zero-order chi connectivity index (χ0) is 16.2. The molecule has 0 fully saturated rings. The third kappa shape index (κ3) is 4.32.